The minimum atomic E-state index is 0.759. The van der Waals surface area contributed by atoms with Crippen molar-refractivity contribution in [2.24, 2.45) is 23.2 Å². The highest BCUT2D eigenvalue weighted by Gasteiger charge is 2.49. The third-order valence-corrected chi connectivity index (χ3v) is 8.56. The van der Waals surface area contributed by atoms with Crippen LogP contribution in [0.3, 0.4) is 0 Å². The monoisotopic (exact) mass is 346 g/mol. The smallest absolute Gasteiger partial charge is 0.0213 e. The van der Waals surface area contributed by atoms with E-state index < -0.39 is 0 Å². The molecule has 146 valence electrons. The molecule has 0 radical (unpaired) electrons. The van der Waals surface area contributed by atoms with Crippen molar-refractivity contribution in [2.45, 2.75) is 135 Å². The van der Waals surface area contributed by atoms with E-state index in [-0.39, 0.29) is 0 Å². The molecule has 3 fully saturated rings. The summed E-state index contributed by atoms with van der Waals surface area (Å²) < 4.78 is 0. The molecular weight excluding hydrogens is 300 g/mol. The van der Waals surface area contributed by atoms with Gasteiger partial charge in [0.2, 0.25) is 0 Å². The minimum absolute atomic E-state index is 0.759. The summed E-state index contributed by atoms with van der Waals surface area (Å²) in [4.78, 5) is 0. The van der Waals surface area contributed by atoms with E-state index in [0.29, 0.717) is 0 Å². The van der Waals surface area contributed by atoms with Gasteiger partial charge in [-0.05, 0) is 68.1 Å². The van der Waals surface area contributed by atoms with Crippen molar-refractivity contribution in [2.75, 3.05) is 0 Å². The normalized spacial score (nSPS) is 25.3. The topological polar surface area (TPSA) is 0 Å². The number of hydrogen-bond donors (Lipinski definition) is 0. The van der Waals surface area contributed by atoms with Crippen LogP contribution < -0.4 is 0 Å². The lowest BCUT2D eigenvalue weighted by Crippen LogP contribution is -2.47. The third-order valence-electron chi connectivity index (χ3n) is 8.56. The van der Waals surface area contributed by atoms with E-state index in [1.807, 2.05) is 0 Å². The van der Waals surface area contributed by atoms with Crippen molar-refractivity contribution in [3.63, 3.8) is 0 Å². The summed E-state index contributed by atoms with van der Waals surface area (Å²) >= 11 is 0. The Bertz CT molecular complexity index is 294. The van der Waals surface area contributed by atoms with E-state index in [1.165, 1.54) is 44.9 Å². The van der Waals surface area contributed by atoms with Crippen LogP contribution in [0.1, 0.15) is 135 Å². The fraction of sp³-hybridized carbons (Fsp3) is 1.00. The second-order valence-corrected chi connectivity index (χ2v) is 9.93. The molecule has 0 unspecified atom stereocenters. The Hall–Kier alpha value is 0. The van der Waals surface area contributed by atoms with Gasteiger partial charge in [-0.2, -0.15) is 0 Å². The fourth-order valence-electron chi connectivity index (χ4n) is 7.39. The van der Waals surface area contributed by atoms with Gasteiger partial charge in [0, 0.05) is 0 Å². The van der Waals surface area contributed by atoms with Crippen LogP contribution in [0.25, 0.3) is 0 Å². The van der Waals surface area contributed by atoms with Gasteiger partial charge >= 0.3 is 0 Å². The summed E-state index contributed by atoms with van der Waals surface area (Å²) in [5.74, 6) is 3.28. The van der Waals surface area contributed by atoms with Crippen molar-refractivity contribution >= 4 is 0 Å². The van der Waals surface area contributed by atoms with E-state index in [2.05, 4.69) is 6.92 Å². The molecule has 0 heteroatoms. The van der Waals surface area contributed by atoms with Crippen LogP contribution in [-0.2, 0) is 0 Å². The Morgan fingerprint density at radius 3 is 1.28 bits per heavy atom. The van der Waals surface area contributed by atoms with Crippen LogP contribution in [0.15, 0.2) is 0 Å². The van der Waals surface area contributed by atoms with Crippen LogP contribution in [0.4, 0.5) is 0 Å². The second kappa shape index (κ2) is 10.4. The van der Waals surface area contributed by atoms with Gasteiger partial charge in [-0.1, -0.05) is 90.4 Å². The Morgan fingerprint density at radius 2 is 0.920 bits per heavy atom. The van der Waals surface area contributed by atoms with Crippen molar-refractivity contribution < 1.29 is 0 Å². The van der Waals surface area contributed by atoms with Gasteiger partial charge in [-0.3, -0.25) is 0 Å². The highest BCUT2D eigenvalue weighted by Crippen LogP contribution is 2.59. The Labute approximate surface area is 158 Å². The lowest BCUT2D eigenvalue weighted by molar-refractivity contribution is -0.0571. The summed E-state index contributed by atoms with van der Waals surface area (Å²) in [7, 11) is 0. The van der Waals surface area contributed by atoms with Crippen LogP contribution in [0.2, 0.25) is 0 Å². The van der Waals surface area contributed by atoms with Crippen molar-refractivity contribution in [3.8, 4) is 0 Å². The average molecular weight is 347 g/mol. The molecular formula is C25H46. The van der Waals surface area contributed by atoms with Gasteiger partial charge in [-0.15, -0.1) is 0 Å². The molecule has 0 amide bonds. The molecule has 0 N–H and O–H groups in total. The first-order valence-corrected chi connectivity index (χ1v) is 12.4. The van der Waals surface area contributed by atoms with E-state index in [9.17, 15) is 0 Å². The molecule has 0 aromatic carbocycles. The zero-order valence-electron chi connectivity index (χ0n) is 17.4. The van der Waals surface area contributed by atoms with Gasteiger partial charge in [0.25, 0.3) is 0 Å². The van der Waals surface area contributed by atoms with Crippen LogP contribution >= 0.6 is 0 Å². The maximum Gasteiger partial charge on any atom is -0.0213 e. The van der Waals surface area contributed by atoms with Crippen molar-refractivity contribution in [3.05, 3.63) is 0 Å². The number of rotatable bonds is 8. The number of hydrogen-bond acceptors (Lipinski definition) is 0. The van der Waals surface area contributed by atoms with E-state index in [1.54, 1.807) is 83.5 Å². The average Bonchev–Trinajstić information content (AvgIpc) is 2.70. The van der Waals surface area contributed by atoms with Crippen LogP contribution in [0.5, 0.6) is 0 Å². The van der Waals surface area contributed by atoms with E-state index in [0.717, 1.165) is 23.2 Å². The molecule has 3 aliphatic rings. The Kier molecular flexibility index (Phi) is 8.19. The SMILES string of the molecule is CCCCCCC(C1CCCCC1)(C1CCCCC1)C1CCCCC1. The molecule has 3 rings (SSSR count). The molecule has 0 aromatic heterocycles. The molecule has 0 heterocycles. The molecule has 0 aliphatic heterocycles. The molecule has 25 heavy (non-hydrogen) atoms. The summed E-state index contributed by atoms with van der Waals surface area (Å²) in [6.45, 7) is 2.37. The van der Waals surface area contributed by atoms with Crippen LogP contribution in [0, 0.1) is 23.2 Å². The highest BCUT2D eigenvalue weighted by atomic mass is 14.5. The molecule has 0 aromatic rings. The third kappa shape index (κ3) is 4.84. The molecule has 0 bridgehead atoms. The van der Waals surface area contributed by atoms with Crippen molar-refractivity contribution in [1.29, 1.82) is 0 Å². The summed E-state index contributed by atoms with van der Waals surface area (Å²) in [5, 5.41) is 0. The van der Waals surface area contributed by atoms with Gasteiger partial charge in [0.15, 0.2) is 0 Å². The van der Waals surface area contributed by atoms with Gasteiger partial charge in [0.05, 0.1) is 0 Å². The zero-order valence-corrected chi connectivity index (χ0v) is 17.4. The first-order chi connectivity index (χ1) is 12.4. The first kappa shape index (κ1) is 19.8. The Balaban J connectivity index is 1.82. The molecule has 0 atom stereocenters. The standard InChI is InChI=1S/C25H46/c1-2-3-4-14-21-25(22-15-8-5-9-16-22,23-17-10-6-11-18-23)24-19-12-7-13-20-24/h22-24H,2-21H2,1H3. The fourth-order valence-corrected chi connectivity index (χ4v) is 7.39. The molecule has 0 nitrogen and oxygen atoms in total. The molecule has 3 saturated carbocycles. The maximum atomic E-state index is 2.37. The predicted octanol–water partition coefficient (Wildman–Crippen LogP) is 8.68. The molecule has 0 saturated heterocycles. The molecule has 3 aliphatic carbocycles. The zero-order chi connectivity index (χ0) is 17.4. The molecule has 0 spiro atoms. The minimum Gasteiger partial charge on any atom is -0.0654 e. The van der Waals surface area contributed by atoms with Gasteiger partial charge < -0.3 is 0 Å². The van der Waals surface area contributed by atoms with Crippen molar-refractivity contribution in [1.82, 2.24) is 0 Å². The van der Waals surface area contributed by atoms with Gasteiger partial charge in [0.1, 0.15) is 0 Å². The summed E-state index contributed by atoms with van der Waals surface area (Å²) in [5.41, 5.74) is 0.759. The summed E-state index contributed by atoms with van der Waals surface area (Å²) in [6.07, 6.45) is 30.8. The maximum absolute atomic E-state index is 2.37. The lowest BCUT2D eigenvalue weighted by atomic mass is 9.50. The second-order valence-electron chi connectivity index (χ2n) is 9.93. The quantitative estimate of drug-likeness (QED) is 0.385. The Morgan fingerprint density at radius 1 is 0.520 bits per heavy atom. The van der Waals surface area contributed by atoms with Gasteiger partial charge in [-0.25, -0.2) is 0 Å². The summed E-state index contributed by atoms with van der Waals surface area (Å²) in [6, 6.07) is 0. The van der Waals surface area contributed by atoms with Crippen LogP contribution in [-0.4, -0.2) is 0 Å². The van der Waals surface area contributed by atoms with E-state index >= 15 is 0 Å². The first-order valence-electron chi connectivity index (χ1n) is 12.4. The largest absolute Gasteiger partial charge is 0.0654 e. The predicted molar refractivity (Wildman–Crippen MR) is 111 cm³/mol. The van der Waals surface area contributed by atoms with E-state index in [4.69, 9.17) is 0 Å². The highest BCUT2D eigenvalue weighted by molar-refractivity contribution is 4.99. The lowest BCUT2D eigenvalue weighted by Gasteiger charge is -2.55. The number of unbranched alkanes of at least 4 members (excludes halogenated alkanes) is 3.